The first-order chi connectivity index (χ1) is 12.6. The molecule has 0 saturated heterocycles. The van der Waals surface area contributed by atoms with Gasteiger partial charge in [0.2, 0.25) is 0 Å². The minimum atomic E-state index is -0.305. The van der Waals surface area contributed by atoms with Gasteiger partial charge in [0.15, 0.2) is 0 Å². The standard InChI is InChI=1S/C21H18Cl2N2O/c22-17-11-18(23)13-19(12-17)25-21(26)24-14-20(15-7-3-1-4-8-15)16-9-5-2-6-10-16/h1-13,20H,14H2,(H2,24,25,26). The first-order valence-corrected chi connectivity index (χ1v) is 8.98. The fourth-order valence-corrected chi connectivity index (χ4v) is 3.32. The van der Waals surface area contributed by atoms with Gasteiger partial charge in [0.05, 0.1) is 0 Å². The zero-order chi connectivity index (χ0) is 18.4. The summed E-state index contributed by atoms with van der Waals surface area (Å²) in [4.78, 5) is 12.3. The quantitative estimate of drug-likeness (QED) is 0.560. The Morgan fingerprint density at radius 1 is 0.808 bits per heavy atom. The van der Waals surface area contributed by atoms with Gasteiger partial charge in [0.25, 0.3) is 0 Å². The Balaban J connectivity index is 1.70. The SMILES string of the molecule is O=C(NCC(c1ccccc1)c1ccccc1)Nc1cc(Cl)cc(Cl)c1. The van der Waals surface area contributed by atoms with Crippen LogP contribution in [0, 0.1) is 0 Å². The summed E-state index contributed by atoms with van der Waals surface area (Å²) in [7, 11) is 0. The lowest BCUT2D eigenvalue weighted by molar-refractivity contribution is 0.252. The Morgan fingerprint density at radius 2 is 1.31 bits per heavy atom. The van der Waals surface area contributed by atoms with E-state index in [0.717, 1.165) is 11.1 Å². The van der Waals surface area contributed by atoms with Crippen LogP contribution in [-0.2, 0) is 0 Å². The van der Waals surface area contributed by atoms with Gasteiger partial charge in [-0.1, -0.05) is 83.9 Å². The molecule has 5 heteroatoms. The first kappa shape index (κ1) is 18.3. The van der Waals surface area contributed by atoms with Crippen LogP contribution in [0.5, 0.6) is 0 Å². The van der Waals surface area contributed by atoms with Gasteiger partial charge in [-0.05, 0) is 29.3 Å². The molecule has 0 unspecified atom stereocenters. The first-order valence-electron chi connectivity index (χ1n) is 8.22. The molecule has 2 amide bonds. The largest absolute Gasteiger partial charge is 0.337 e. The van der Waals surface area contributed by atoms with Crippen LogP contribution in [0.2, 0.25) is 10.0 Å². The molecule has 0 saturated carbocycles. The molecule has 3 rings (SSSR count). The number of hydrogen-bond donors (Lipinski definition) is 2. The second-order valence-electron chi connectivity index (χ2n) is 5.87. The van der Waals surface area contributed by atoms with Crippen LogP contribution < -0.4 is 10.6 Å². The van der Waals surface area contributed by atoms with E-state index in [9.17, 15) is 4.79 Å². The van der Waals surface area contributed by atoms with Crippen molar-refractivity contribution < 1.29 is 4.79 Å². The van der Waals surface area contributed by atoms with Gasteiger partial charge in [0.1, 0.15) is 0 Å². The predicted molar refractivity (Wildman–Crippen MR) is 108 cm³/mol. The van der Waals surface area contributed by atoms with Gasteiger partial charge >= 0.3 is 6.03 Å². The maximum absolute atomic E-state index is 12.3. The Hall–Kier alpha value is -2.49. The minimum Gasteiger partial charge on any atom is -0.337 e. The van der Waals surface area contributed by atoms with Crippen molar-refractivity contribution in [2.24, 2.45) is 0 Å². The van der Waals surface area contributed by atoms with E-state index in [2.05, 4.69) is 34.9 Å². The average Bonchev–Trinajstić information content (AvgIpc) is 2.63. The van der Waals surface area contributed by atoms with Crippen LogP contribution in [0.15, 0.2) is 78.9 Å². The Morgan fingerprint density at radius 3 is 1.81 bits per heavy atom. The number of carbonyl (C=O) groups is 1. The number of benzene rings is 3. The molecule has 0 spiro atoms. The number of carbonyl (C=O) groups excluding carboxylic acids is 1. The van der Waals surface area contributed by atoms with Crippen molar-refractivity contribution in [2.75, 3.05) is 11.9 Å². The topological polar surface area (TPSA) is 41.1 Å². The van der Waals surface area contributed by atoms with Crippen LogP contribution >= 0.6 is 23.2 Å². The average molecular weight is 385 g/mol. The number of urea groups is 1. The summed E-state index contributed by atoms with van der Waals surface area (Å²) in [5.74, 6) is 0.0612. The van der Waals surface area contributed by atoms with Crippen molar-refractivity contribution in [1.82, 2.24) is 5.32 Å². The molecule has 0 bridgehead atoms. The fraction of sp³-hybridized carbons (Fsp3) is 0.0952. The Labute approximate surface area is 163 Å². The van der Waals surface area contributed by atoms with Crippen LogP contribution in [0.1, 0.15) is 17.0 Å². The third-order valence-corrected chi connectivity index (χ3v) is 4.43. The van der Waals surface area contributed by atoms with E-state index in [0.29, 0.717) is 22.3 Å². The van der Waals surface area contributed by atoms with Gasteiger partial charge in [-0.3, -0.25) is 0 Å². The van der Waals surface area contributed by atoms with Gasteiger partial charge in [0, 0.05) is 28.2 Å². The highest BCUT2D eigenvalue weighted by atomic mass is 35.5. The van der Waals surface area contributed by atoms with Crippen LogP contribution in [0.4, 0.5) is 10.5 Å². The molecule has 0 fully saturated rings. The van der Waals surface area contributed by atoms with Gasteiger partial charge in [-0.2, -0.15) is 0 Å². The minimum absolute atomic E-state index is 0.0612. The summed E-state index contributed by atoms with van der Waals surface area (Å²) in [5, 5.41) is 6.64. The highest BCUT2D eigenvalue weighted by Crippen LogP contribution is 2.24. The zero-order valence-corrected chi connectivity index (χ0v) is 15.5. The number of halogens is 2. The summed E-state index contributed by atoms with van der Waals surface area (Å²) in [6.07, 6.45) is 0. The third-order valence-electron chi connectivity index (χ3n) is 3.99. The smallest absolute Gasteiger partial charge is 0.319 e. The summed E-state index contributed by atoms with van der Waals surface area (Å²) in [6, 6.07) is 24.8. The highest BCUT2D eigenvalue weighted by molar-refractivity contribution is 6.35. The molecule has 3 aromatic carbocycles. The maximum Gasteiger partial charge on any atom is 0.319 e. The van der Waals surface area contributed by atoms with E-state index < -0.39 is 0 Å². The van der Waals surface area contributed by atoms with Gasteiger partial charge in [-0.15, -0.1) is 0 Å². The van der Waals surface area contributed by atoms with Crippen molar-refractivity contribution in [1.29, 1.82) is 0 Å². The summed E-state index contributed by atoms with van der Waals surface area (Å²) < 4.78 is 0. The van der Waals surface area contributed by atoms with Crippen molar-refractivity contribution in [3.05, 3.63) is 100 Å². The number of anilines is 1. The molecule has 26 heavy (non-hydrogen) atoms. The van der Waals surface area contributed by atoms with Crippen LogP contribution in [-0.4, -0.2) is 12.6 Å². The molecule has 0 aliphatic heterocycles. The van der Waals surface area contributed by atoms with Crippen LogP contribution in [0.3, 0.4) is 0 Å². The summed E-state index contributed by atoms with van der Waals surface area (Å²) in [5.41, 5.74) is 2.84. The van der Waals surface area contributed by atoms with Gasteiger partial charge in [-0.25, -0.2) is 4.79 Å². The zero-order valence-electron chi connectivity index (χ0n) is 14.0. The number of nitrogens with one attached hydrogen (secondary N) is 2. The molecular formula is C21H18Cl2N2O. The molecule has 0 aliphatic rings. The lowest BCUT2D eigenvalue weighted by Crippen LogP contribution is -2.32. The Kier molecular flexibility index (Phi) is 6.16. The Bertz CT molecular complexity index is 810. The summed E-state index contributed by atoms with van der Waals surface area (Å²) in [6.45, 7) is 0.466. The molecule has 132 valence electrons. The van der Waals surface area contributed by atoms with Crippen molar-refractivity contribution in [2.45, 2.75) is 5.92 Å². The maximum atomic E-state index is 12.3. The van der Waals surface area contributed by atoms with E-state index in [1.807, 2.05) is 36.4 Å². The fourth-order valence-electron chi connectivity index (χ4n) is 2.79. The molecule has 0 radical (unpaired) electrons. The predicted octanol–water partition coefficient (Wildman–Crippen LogP) is 5.95. The number of hydrogen-bond acceptors (Lipinski definition) is 1. The third kappa shape index (κ3) is 5.01. The lowest BCUT2D eigenvalue weighted by atomic mass is 9.91. The molecule has 0 aromatic heterocycles. The van der Waals surface area contributed by atoms with Crippen molar-refractivity contribution >= 4 is 34.9 Å². The van der Waals surface area contributed by atoms with Crippen LogP contribution in [0.25, 0.3) is 0 Å². The monoisotopic (exact) mass is 384 g/mol. The summed E-state index contributed by atoms with van der Waals surface area (Å²) >= 11 is 11.9. The van der Waals surface area contributed by atoms with E-state index >= 15 is 0 Å². The molecule has 2 N–H and O–H groups in total. The van der Waals surface area contributed by atoms with Crippen molar-refractivity contribution in [3.63, 3.8) is 0 Å². The molecule has 3 aromatic rings. The molecule has 0 atom stereocenters. The second-order valence-corrected chi connectivity index (χ2v) is 6.74. The van der Waals surface area contributed by atoms with E-state index in [1.54, 1.807) is 18.2 Å². The molecule has 3 nitrogen and oxygen atoms in total. The molecule has 0 aliphatic carbocycles. The lowest BCUT2D eigenvalue weighted by Gasteiger charge is -2.19. The van der Waals surface area contributed by atoms with Crippen molar-refractivity contribution in [3.8, 4) is 0 Å². The normalized spacial score (nSPS) is 10.6. The second kappa shape index (κ2) is 8.75. The highest BCUT2D eigenvalue weighted by Gasteiger charge is 2.15. The number of rotatable bonds is 5. The number of amides is 2. The van der Waals surface area contributed by atoms with E-state index in [-0.39, 0.29) is 11.9 Å². The van der Waals surface area contributed by atoms with E-state index in [1.165, 1.54) is 0 Å². The van der Waals surface area contributed by atoms with Gasteiger partial charge < -0.3 is 10.6 Å². The molecule has 0 heterocycles. The molecular weight excluding hydrogens is 367 g/mol. The van der Waals surface area contributed by atoms with E-state index in [4.69, 9.17) is 23.2 Å².